The quantitative estimate of drug-likeness (QED) is 0.866. The van der Waals surface area contributed by atoms with Gasteiger partial charge < -0.3 is 5.32 Å². The van der Waals surface area contributed by atoms with Crippen LogP contribution in [-0.2, 0) is 0 Å². The molecule has 5 heteroatoms. The Labute approximate surface area is 96.2 Å². The fourth-order valence-electron chi connectivity index (χ4n) is 1.26. The molecule has 0 atom stereocenters. The first-order valence-electron chi connectivity index (χ1n) is 4.57. The Hall–Kier alpha value is -1.93. The Morgan fingerprint density at radius 2 is 2.25 bits per heavy atom. The molecule has 1 aromatic heterocycles. The number of hydrogen-bond donors (Lipinski definition) is 1. The molecule has 0 bridgehead atoms. The molecule has 1 heterocycles. The summed E-state index contributed by atoms with van der Waals surface area (Å²) in [5, 5.41) is 12.3. The summed E-state index contributed by atoms with van der Waals surface area (Å²) in [5.74, 6) is -0.435. The summed E-state index contributed by atoms with van der Waals surface area (Å²) in [5.41, 5.74) is 0.821. The molecule has 16 heavy (non-hydrogen) atoms. The van der Waals surface area contributed by atoms with E-state index in [2.05, 4.69) is 10.3 Å². The van der Waals surface area contributed by atoms with Gasteiger partial charge in [0.05, 0.1) is 11.6 Å². The van der Waals surface area contributed by atoms with Gasteiger partial charge in [-0.2, -0.15) is 5.26 Å². The highest BCUT2D eigenvalue weighted by molar-refractivity contribution is 7.15. The Balaban J connectivity index is 2.28. The van der Waals surface area contributed by atoms with E-state index < -0.39 is 5.82 Å². The molecule has 2 rings (SSSR count). The van der Waals surface area contributed by atoms with Crippen LogP contribution in [0.2, 0.25) is 0 Å². The molecule has 0 aliphatic rings. The normalized spacial score (nSPS) is 9.81. The smallest absolute Gasteiger partial charge is 0.187 e. The molecule has 2 aromatic rings. The molecule has 0 amide bonds. The Bertz CT molecular complexity index is 557. The van der Waals surface area contributed by atoms with Crippen molar-refractivity contribution < 1.29 is 4.39 Å². The van der Waals surface area contributed by atoms with Crippen LogP contribution in [0, 0.1) is 24.1 Å². The van der Waals surface area contributed by atoms with Gasteiger partial charge >= 0.3 is 0 Å². The van der Waals surface area contributed by atoms with Crippen LogP contribution in [-0.4, -0.2) is 4.98 Å². The maximum Gasteiger partial charge on any atom is 0.187 e. The highest BCUT2D eigenvalue weighted by atomic mass is 32.1. The van der Waals surface area contributed by atoms with Gasteiger partial charge in [-0.1, -0.05) is 0 Å². The van der Waals surface area contributed by atoms with Crippen LogP contribution in [0.4, 0.5) is 15.2 Å². The predicted molar refractivity (Wildman–Crippen MR) is 61.2 cm³/mol. The van der Waals surface area contributed by atoms with E-state index in [1.54, 1.807) is 12.3 Å². The molecule has 0 spiro atoms. The van der Waals surface area contributed by atoms with Gasteiger partial charge in [0.25, 0.3) is 0 Å². The summed E-state index contributed by atoms with van der Waals surface area (Å²) in [6, 6.07) is 6.01. The first-order valence-corrected chi connectivity index (χ1v) is 5.39. The van der Waals surface area contributed by atoms with Crippen LogP contribution in [0.15, 0.2) is 24.4 Å². The minimum Gasteiger partial charge on any atom is -0.331 e. The topological polar surface area (TPSA) is 48.7 Å². The van der Waals surface area contributed by atoms with Gasteiger partial charge in [-0.25, -0.2) is 9.37 Å². The summed E-state index contributed by atoms with van der Waals surface area (Å²) in [4.78, 5) is 5.17. The fraction of sp³-hybridized carbons (Fsp3) is 0.0909. The van der Waals surface area contributed by atoms with Gasteiger partial charge in [0, 0.05) is 16.8 Å². The van der Waals surface area contributed by atoms with Crippen molar-refractivity contribution in [3.63, 3.8) is 0 Å². The van der Waals surface area contributed by atoms with Crippen molar-refractivity contribution in [2.24, 2.45) is 0 Å². The standard InChI is InChI=1S/C11H8FN3S/c1-7-6-14-11(16-7)15-10-3-8(5-13)2-9(12)4-10/h2-4,6H,1H3,(H,14,15). The number of nitrogens with one attached hydrogen (secondary N) is 1. The summed E-state index contributed by atoms with van der Waals surface area (Å²) >= 11 is 1.47. The molecule has 0 unspecified atom stereocenters. The third-order valence-electron chi connectivity index (χ3n) is 1.90. The average molecular weight is 233 g/mol. The van der Waals surface area contributed by atoms with Gasteiger partial charge in [-0.05, 0) is 25.1 Å². The second kappa shape index (κ2) is 4.29. The summed E-state index contributed by atoms with van der Waals surface area (Å²) in [6.45, 7) is 1.94. The second-order valence-electron chi connectivity index (χ2n) is 3.24. The lowest BCUT2D eigenvalue weighted by Crippen LogP contribution is -1.91. The number of aromatic nitrogens is 1. The maximum absolute atomic E-state index is 13.1. The van der Waals surface area contributed by atoms with Gasteiger partial charge in [0.2, 0.25) is 0 Å². The van der Waals surface area contributed by atoms with Crippen molar-refractivity contribution in [3.8, 4) is 6.07 Å². The predicted octanol–water partition coefficient (Wildman–Crippen LogP) is 3.21. The van der Waals surface area contributed by atoms with Gasteiger partial charge in [-0.15, -0.1) is 11.3 Å². The van der Waals surface area contributed by atoms with E-state index in [1.807, 2.05) is 13.0 Å². The zero-order chi connectivity index (χ0) is 11.5. The van der Waals surface area contributed by atoms with E-state index in [9.17, 15) is 4.39 Å². The molecule has 0 fully saturated rings. The number of thiazole rings is 1. The Morgan fingerprint density at radius 1 is 1.44 bits per heavy atom. The Morgan fingerprint density at radius 3 is 2.88 bits per heavy atom. The Kier molecular flexibility index (Phi) is 2.84. The molecule has 0 aliphatic carbocycles. The first-order chi connectivity index (χ1) is 7.67. The minimum atomic E-state index is -0.435. The van der Waals surface area contributed by atoms with Crippen LogP contribution >= 0.6 is 11.3 Å². The molecule has 1 aromatic carbocycles. The third-order valence-corrected chi connectivity index (χ3v) is 2.73. The molecule has 0 radical (unpaired) electrons. The summed E-state index contributed by atoms with van der Waals surface area (Å²) in [6.07, 6.45) is 1.73. The fourth-order valence-corrected chi connectivity index (χ4v) is 1.95. The molecule has 0 aliphatic heterocycles. The highest BCUT2D eigenvalue weighted by Crippen LogP contribution is 2.23. The molecule has 3 nitrogen and oxygen atoms in total. The first kappa shape index (κ1) is 10.6. The van der Waals surface area contributed by atoms with Crippen LogP contribution in [0.1, 0.15) is 10.4 Å². The van der Waals surface area contributed by atoms with Crippen molar-refractivity contribution in [1.82, 2.24) is 4.98 Å². The van der Waals surface area contributed by atoms with Crippen molar-refractivity contribution in [2.45, 2.75) is 6.92 Å². The largest absolute Gasteiger partial charge is 0.331 e. The summed E-state index contributed by atoms with van der Waals surface area (Å²) in [7, 11) is 0. The van der Waals surface area contributed by atoms with E-state index in [0.717, 1.165) is 4.88 Å². The molecule has 1 N–H and O–H groups in total. The lowest BCUT2D eigenvalue weighted by atomic mass is 10.2. The molecule has 0 saturated carbocycles. The molecular formula is C11H8FN3S. The number of benzene rings is 1. The SMILES string of the molecule is Cc1cnc(Nc2cc(F)cc(C#N)c2)s1. The van der Waals surface area contributed by atoms with Crippen LogP contribution < -0.4 is 5.32 Å². The van der Waals surface area contributed by atoms with Crippen molar-refractivity contribution in [1.29, 1.82) is 5.26 Å². The summed E-state index contributed by atoms with van der Waals surface area (Å²) < 4.78 is 13.1. The van der Waals surface area contributed by atoms with Gasteiger partial charge in [-0.3, -0.25) is 0 Å². The number of hydrogen-bond acceptors (Lipinski definition) is 4. The minimum absolute atomic E-state index is 0.288. The van der Waals surface area contributed by atoms with Gasteiger partial charge in [0.15, 0.2) is 5.13 Å². The van der Waals surface area contributed by atoms with E-state index in [1.165, 1.54) is 23.5 Å². The number of halogens is 1. The second-order valence-corrected chi connectivity index (χ2v) is 4.48. The number of rotatable bonds is 2. The number of anilines is 2. The molecule has 80 valence electrons. The van der Waals surface area contributed by atoms with Crippen LogP contribution in [0.25, 0.3) is 0 Å². The lowest BCUT2D eigenvalue weighted by molar-refractivity contribution is 0.628. The van der Waals surface area contributed by atoms with Crippen molar-refractivity contribution in [3.05, 3.63) is 40.7 Å². The van der Waals surface area contributed by atoms with E-state index >= 15 is 0 Å². The van der Waals surface area contributed by atoms with E-state index in [4.69, 9.17) is 5.26 Å². The van der Waals surface area contributed by atoms with E-state index in [0.29, 0.717) is 10.8 Å². The lowest BCUT2D eigenvalue weighted by Gasteiger charge is -2.02. The number of nitrogens with zero attached hydrogens (tertiary/aromatic N) is 2. The number of aryl methyl sites for hydroxylation is 1. The van der Waals surface area contributed by atoms with E-state index in [-0.39, 0.29) is 5.56 Å². The zero-order valence-corrected chi connectivity index (χ0v) is 9.31. The monoisotopic (exact) mass is 233 g/mol. The highest BCUT2D eigenvalue weighted by Gasteiger charge is 2.03. The van der Waals surface area contributed by atoms with Gasteiger partial charge in [0.1, 0.15) is 5.82 Å². The molecular weight excluding hydrogens is 225 g/mol. The van der Waals surface area contributed by atoms with Crippen molar-refractivity contribution in [2.75, 3.05) is 5.32 Å². The molecule has 0 saturated heterocycles. The van der Waals surface area contributed by atoms with Crippen LogP contribution in [0.5, 0.6) is 0 Å². The number of nitriles is 1. The zero-order valence-electron chi connectivity index (χ0n) is 8.49. The average Bonchev–Trinajstić information content (AvgIpc) is 2.63. The van der Waals surface area contributed by atoms with Crippen molar-refractivity contribution >= 4 is 22.2 Å². The van der Waals surface area contributed by atoms with Crippen LogP contribution in [0.3, 0.4) is 0 Å². The third kappa shape index (κ3) is 2.35. The maximum atomic E-state index is 13.1.